The smallest absolute Gasteiger partial charge is 0.246 e. The second kappa shape index (κ2) is 8.75. The van der Waals surface area contributed by atoms with Crippen LogP contribution in [0.5, 0.6) is 11.5 Å². The summed E-state index contributed by atoms with van der Waals surface area (Å²) >= 11 is 0. The van der Waals surface area contributed by atoms with Gasteiger partial charge in [-0.25, -0.2) is 12.7 Å². The lowest BCUT2D eigenvalue weighted by Crippen LogP contribution is -2.37. The molecule has 0 radical (unpaired) electrons. The van der Waals surface area contributed by atoms with Crippen molar-refractivity contribution in [3.8, 4) is 28.8 Å². The van der Waals surface area contributed by atoms with Gasteiger partial charge in [-0.05, 0) is 30.3 Å². The third kappa shape index (κ3) is 4.93. The first-order chi connectivity index (χ1) is 14.6. The van der Waals surface area contributed by atoms with Crippen molar-refractivity contribution in [1.29, 1.82) is 0 Å². The molecule has 11 heteroatoms. The Bertz CT molecular complexity index is 1110. The van der Waals surface area contributed by atoms with E-state index in [2.05, 4.69) is 29.8 Å². The molecule has 3 rings (SSSR count). The van der Waals surface area contributed by atoms with Crippen molar-refractivity contribution in [1.82, 2.24) is 14.8 Å². The van der Waals surface area contributed by atoms with Crippen LogP contribution in [0.15, 0.2) is 41.0 Å². The Labute approximate surface area is 183 Å². The van der Waals surface area contributed by atoms with E-state index in [1.165, 1.54) is 31.0 Å². The van der Waals surface area contributed by atoms with Crippen LogP contribution in [0.4, 0.5) is 5.95 Å². The van der Waals surface area contributed by atoms with Crippen LogP contribution >= 0.6 is 0 Å². The lowest BCUT2D eigenvalue weighted by Gasteiger charge is -2.26. The Morgan fingerprint density at radius 2 is 1.71 bits per heavy atom. The lowest BCUT2D eigenvalue weighted by molar-refractivity contribution is 0.391. The van der Waals surface area contributed by atoms with Crippen LogP contribution in [0, 0.1) is 0 Å². The maximum Gasteiger partial charge on any atom is 0.246 e. The highest BCUT2D eigenvalue weighted by Crippen LogP contribution is 2.39. The minimum atomic E-state index is -3.65. The zero-order valence-electron chi connectivity index (χ0n) is 18.6. The molecule has 2 heterocycles. The molecule has 0 saturated heterocycles. The summed E-state index contributed by atoms with van der Waals surface area (Å²) in [6.07, 6.45) is 2.69. The van der Waals surface area contributed by atoms with E-state index in [-0.39, 0.29) is 5.95 Å². The average molecular weight is 465 g/mol. The molecule has 0 spiro atoms. The van der Waals surface area contributed by atoms with E-state index in [9.17, 15) is 8.42 Å². The monoisotopic (exact) mass is 464 g/mol. The number of benzene rings is 1. The van der Waals surface area contributed by atoms with Gasteiger partial charge in [-0.1, -0.05) is 25.7 Å². The first-order valence-electron chi connectivity index (χ1n) is 9.75. The Morgan fingerprint density at radius 3 is 2.19 bits per heavy atom. The molecule has 0 fully saturated rings. The van der Waals surface area contributed by atoms with Crippen molar-refractivity contribution in [3.63, 3.8) is 0 Å². The largest absolute Gasteiger partial charge is 0.494 e. The van der Waals surface area contributed by atoms with Crippen molar-refractivity contribution in [2.24, 2.45) is 0 Å². The summed E-state index contributed by atoms with van der Waals surface area (Å²) in [7, 11) is -2.12. The number of rotatable bonds is 9. The topological polar surface area (TPSA) is 99.7 Å². The number of sulfonamides is 1. The molecular formula is C20H28N4O5SSi. The van der Waals surface area contributed by atoms with Gasteiger partial charge in [0.15, 0.2) is 5.76 Å². The summed E-state index contributed by atoms with van der Waals surface area (Å²) in [5, 5.41) is 8.55. The molecule has 9 nitrogen and oxygen atoms in total. The molecule has 168 valence electrons. The lowest BCUT2D eigenvalue weighted by atomic mass is 10.2. The van der Waals surface area contributed by atoms with Gasteiger partial charge in [-0.15, -0.1) is 10.2 Å². The highest BCUT2D eigenvalue weighted by atomic mass is 32.2. The molecule has 0 atom stereocenters. The number of para-hydroxylation sites is 1. The summed E-state index contributed by atoms with van der Waals surface area (Å²) in [6.45, 7) is 6.86. The van der Waals surface area contributed by atoms with Gasteiger partial charge in [-0.3, -0.25) is 4.57 Å². The number of nitrogens with zero attached hydrogens (tertiary/aromatic N) is 4. The molecule has 2 aromatic heterocycles. The summed E-state index contributed by atoms with van der Waals surface area (Å²) in [6, 6.07) is 9.54. The van der Waals surface area contributed by atoms with Gasteiger partial charge in [0.2, 0.25) is 21.8 Å². The van der Waals surface area contributed by atoms with Crippen LogP contribution in [-0.4, -0.2) is 58.3 Å². The first kappa shape index (κ1) is 22.9. The fraction of sp³-hybridized carbons (Fsp3) is 0.400. The molecule has 0 unspecified atom stereocenters. The highest BCUT2D eigenvalue weighted by Gasteiger charge is 2.31. The van der Waals surface area contributed by atoms with E-state index < -0.39 is 18.1 Å². The second-order valence-corrected chi connectivity index (χ2v) is 15.8. The number of methoxy groups -OCH3 is 2. The van der Waals surface area contributed by atoms with Crippen molar-refractivity contribution in [2.75, 3.05) is 31.3 Å². The maximum atomic E-state index is 12.8. The molecule has 0 saturated carbocycles. The Kier molecular flexibility index (Phi) is 6.46. The van der Waals surface area contributed by atoms with Crippen molar-refractivity contribution in [3.05, 3.63) is 36.6 Å². The van der Waals surface area contributed by atoms with Crippen LogP contribution in [0.2, 0.25) is 25.7 Å². The van der Waals surface area contributed by atoms with Crippen molar-refractivity contribution < 1.29 is 22.3 Å². The van der Waals surface area contributed by atoms with Gasteiger partial charge in [0.25, 0.3) is 0 Å². The van der Waals surface area contributed by atoms with Crippen LogP contribution < -0.4 is 13.8 Å². The van der Waals surface area contributed by atoms with E-state index >= 15 is 0 Å². The zero-order chi connectivity index (χ0) is 22.8. The van der Waals surface area contributed by atoms with E-state index in [0.717, 1.165) is 6.04 Å². The number of ether oxygens (including phenoxy) is 2. The molecule has 1 aromatic carbocycles. The Morgan fingerprint density at radius 1 is 1.06 bits per heavy atom. The average Bonchev–Trinajstić information content (AvgIpc) is 3.35. The van der Waals surface area contributed by atoms with Gasteiger partial charge >= 0.3 is 0 Å². The van der Waals surface area contributed by atoms with Crippen molar-refractivity contribution in [2.45, 2.75) is 25.7 Å². The van der Waals surface area contributed by atoms with E-state index in [4.69, 9.17) is 13.9 Å². The highest BCUT2D eigenvalue weighted by molar-refractivity contribution is 7.92. The molecule has 0 aliphatic heterocycles. The van der Waals surface area contributed by atoms with Crippen LogP contribution in [0.1, 0.15) is 0 Å². The number of furan rings is 1. The predicted octanol–water partition coefficient (Wildman–Crippen LogP) is 3.65. The Balaban J connectivity index is 2.31. The van der Waals surface area contributed by atoms with E-state index in [1.54, 1.807) is 34.9 Å². The van der Waals surface area contributed by atoms with Crippen LogP contribution in [-0.2, 0) is 10.0 Å². The summed E-state index contributed by atoms with van der Waals surface area (Å²) < 4.78 is 45.2. The van der Waals surface area contributed by atoms with Gasteiger partial charge in [0.05, 0.1) is 26.7 Å². The molecular weight excluding hydrogens is 436 g/mol. The van der Waals surface area contributed by atoms with Gasteiger partial charge in [0, 0.05) is 14.6 Å². The molecule has 0 aliphatic rings. The third-order valence-corrected chi connectivity index (χ3v) is 7.57. The molecule has 3 aromatic rings. The van der Waals surface area contributed by atoms with E-state index in [1.807, 2.05) is 0 Å². The van der Waals surface area contributed by atoms with Gasteiger partial charge < -0.3 is 13.9 Å². The SMILES string of the molecule is COc1cccc(OC)c1-n1c(-c2ccco2)nnc1N(CC[Si](C)(C)C)S(C)(=O)=O. The predicted molar refractivity (Wildman–Crippen MR) is 123 cm³/mol. The van der Waals surface area contributed by atoms with Crippen LogP contribution in [0.3, 0.4) is 0 Å². The van der Waals surface area contributed by atoms with Crippen LogP contribution in [0.25, 0.3) is 17.3 Å². The fourth-order valence-electron chi connectivity index (χ4n) is 3.11. The normalized spacial score (nSPS) is 12.1. The standard InChI is InChI=1S/C20H28N4O5SSi/c1-27-15-9-7-10-16(28-2)18(15)24-19(17-11-8-13-29-17)21-22-20(24)23(30(3,25)26)12-14-31(4,5)6/h7-11,13H,12,14H2,1-6H3. The van der Waals surface area contributed by atoms with Gasteiger partial charge in [0.1, 0.15) is 17.2 Å². The fourth-order valence-corrected chi connectivity index (χ4v) is 5.01. The molecule has 0 bridgehead atoms. The minimum absolute atomic E-state index is 0.148. The molecule has 0 amide bonds. The second-order valence-electron chi connectivity index (χ2n) is 8.29. The summed E-state index contributed by atoms with van der Waals surface area (Å²) in [4.78, 5) is 0. The molecule has 0 N–H and O–H groups in total. The molecule has 0 aliphatic carbocycles. The first-order valence-corrected chi connectivity index (χ1v) is 15.3. The zero-order valence-corrected chi connectivity index (χ0v) is 20.4. The molecule has 31 heavy (non-hydrogen) atoms. The number of aromatic nitrogens is 3. The van der Waals surface area contributed by atoms with E-state index in [0.29, 0.717) is 35.3 Å². The number of hydrogen-bond acceptors (Lipinski definition) is 7. The van der Waals surface area contributed by atoms with Gasteiger partial charge in [-0.2, -0.15) is 0 Å². The van der Waals surface area contributed by atoms with Crippen molar-refractivity contribution >= 4 is 24.0 Å². The third-order valence-electron chi connectivity index (χ3n) is 4.70. The summed E-state index contributed by atoms with van der Waals surface area (Å²) in [5.41, 5.74) is 0.487. The minimum Gasteiger partial charge on any atom is -0.494 e. The maximum absolute atomic E-state index is 12.8. The Hall–Kier alpha value is -2.79. The summed E-state index contributed by atoms with van der Waals surface area (Å²) in [5.74, 6) is 1.88. The number of hydrogen-bond donors (Lipinski definition) is 0. The quantitative estimate of drug-likeness (QED) is 0.446. The number of anilines is 1.